The third-order valence-electron chi connectivity index (χ3n) is 3.32. The second kappa shape index (κ2) is 4.41. The van der Waals surface area contributed by atoms with Crippen molar-refractivity contribution in [2.45, 2.75) is 31.6 Å². The van der Waals surface area contributed by atoms with Gasteiger partial charge < -0.3 is 0 Å². The molecule has 0 bridgehead atoms. The van der Waals surface area contributed by atoms with Gasteiger partial charge >= 0.3 is 0 Å². The maximum atomic E-state index is 5.35. The highest BCUT2D eigenvalue weighted by molar-refractivity contribution is 7.71. The van der Waals surface area contributed by atoms with Gasteiger partial charge in [0, 0.05) is 17.8 Å². The van der Waals surface area contributed by atoms with Gasteiger partial charge in [0.2, 0.25) is 0 Å². The molecule has 3 rings (SSSR count). The molecule has 1 saturated carbocycles. The lowest BCUT2D eigenvalue weighted by Crippen LogP contribution is -2.02. The lowest BCUT2D eigenvalue weighted by atomic mass is 10.1. The van der Waals surface area contributed by atoms with Crippen LogP contribution in [-0.4, -0.2) is 20.0 Å². The Labute approximate surface area is 105 Å². The van der Waals surface area contributed by atoms with Crippen molar-refractivity contribution in [2.75, 3.05) is 0 Å². The summed E-state index contributed by atoms with van der Waals surface area (Å²) in [5, 5.41) is 11.3. The van der Waals surface area contributed by atoms with Crippen LogP contribution in [0.1, 0.15) is 37.3 Å². The minimum atomic E-state index is 0.634. The van der Waals surface area contributed by atoms with E-state index in [2.05, 4.69) is 21.4 Å². The summed E-state index contributed by atoms with van der Waals surface area (Å²) >= 11 is 5.35. The average molecular weight is 246 g/mol. The lowest BCUT2D eigenvalue weighted by molar-refractivity contribution is 0.672. The third kappa shape index (κ3) is 2.02. The topological polar surface area (TPSA) is 46.5 Å². The Kier molecular flexibility index (Phi) is 2.76. The van der Waals surface area contributed by atoms with Gasteiger partial charge in [-0.05, 0) is 31.0 Å². The molecule has 2 heterocycles. The Morgan fingerprint density at radius 1 is 1.35 bits per heavy atom. The summed E-state index contributed by atoms with van der Waals surface area (Å²) in [7, 11) is 0. The molecule has 0 atom stereocenters. The fourth-order valence-electron chi connectivity index (χ4n) is 2.44. The molecule has 1 aliphatic carbocycles. The molecule has 1 N–H and O–H groups in total. The van der Waals surface area contributed by atoms with E-state index in [4.69, 9.17) is 12.2 Å². The van der Waals surface area contributed by atoms with Crippen molar-refractivity contribution in [3.8, 4) is 5.82 Å². The Balaban J connectivity index is 1.99. The van der Waals surface area contributed by atoms with Gasteiger partial charge in [0.1, 0.15) is 4.64 Å². The van der Waals surface area contributed by atoms with E-state index < -0.39 is 0 Å². The monoisotopic (exact) mass is 246 g/mol. The van der Waals surface area contributed by atoms with Crippen LogP contribution in [0.15, 0.2) is 24.4 Å². The molecule has 1 fully saturated rings. The summed E-state index contributed by atoms with van der Waals surface area (Å²) in [6, 6.07) is 5.82. The predicted molar refractivity (Wildman–Crippen MR) is 67.8 cm³/mol. The van der Waals surface area contributed by atoms with Crippen LogP contribution < -0.4 is 0 Å². The molecule has 0 radical (unpaired) electrons. The van der Waals surface area contributed by atoms with Crippen LogP contribution in [0.2, 0.25) is 0 Å². The highest BCUT2D eigenvalue weighted by Crippen LogP contribution is 2.33. The van der Waals surface area contributed by atoms with E-state index >= 15 is 0 Å². The summed E-state index contributed by atoms with van der Waals surface area (Å²) < 4.78 is 2.60. The van der Waals surface area contributed by atoms with Crippen LogP contribution in [0.3, 0.4) is 0 Å². The number of nitrogens with zero attached hydrogens (tertiary/aromatic N) is 3. The molecule has 88 valence electrons. The Hall–Kier alpha value is -1.49. The third-order valence-corrected chi connectivity index (χ3v) is 3.62. The van der Waals surface area contributed by atoms with Crippen molar-refractivity contribution < 1.29 is 0 Å². The number of H-pyrrole nitrogens is 1. The number of aromatic nitrogens is 4. The van der Waals surface area contributed by atoms with E-state index in [0.29, 0.717) is 5.92 Å². The highest BCUT2D eigenvalue weighted by Gasteiger charge is 2.19. The summed E-state index contributed by atoms with van der Waals surface area (Å²) in [4.78, 5) is 0. The first kappa shape index (κ1) is 10.7. The molecule has 0 saturated heterocycles. The first-order valence-corrected chi connectivity index (χ1v) is 6.35. The number of hydrogen-bond donors (Lipinski definition) is 1. The molecular formula is C12H14N4S. The number of nitrogens with one attached hydrogen (secondary N) is 1. The summed E-state index contributed by atoms with van der Waals surface area (Å²) in [6.45, 7) is 0. The quantitative estimate of drug-likeness (QED) is 0.829. The first-order chi connectivity index (χ1) is 8.34. The molecule has 1 aliphatic rings. The van der Waals surface area contributed by atoms with Crippen LogP contribution >= 0.6 is 12.2 Å². The first-order valence-electron chi connectivity index (χ1n) is 5.94. The Morgan fingerprint density at radius 3 is 2.88 bits per heavy atom. The molecule has 4 nitrogen and oxygen atoms in total. The SMILES string of the molecule is S=c1cc(C2CCCC2)[nH]n1-c1cccnn1. The number of aromatic amines is 1. The van der Waals surface area contributed by atoms with Gasteiger partial charge in [-0.2, -0.15) is 5.10 Å². The van der Waals surface area contributed by atoms with E-state index in [1.807, 2.05) is 16.8 Å². The normalized spacial score (nSPS) is 16.5. The molecular weight excluding hydrogens is 232 g/mol. The molecule has 17 heavy (non-hydrogen) atoms. The van der Waals surface area contributed by atoms with Gasteiger partial charge in [0.15, 0.2) is 5.82 Å². The zero-order chi connectivity index (χ0) is 11.7. The summed E-state index contributed by atoms with van der Waals surface area (Å²) in [6.07, 6.45) is 6.82. The van der Waals surface area contributed by atoms with Crippen molar-refractivity contribution in [1.29, 1.82) is 0 Å². The van der Waals surface area contributed by atoms with Crippen molar-refractivity contribution >= 4 is 12.2 Å². The van der Waals surface area contributed by atoms with Gasteiger partial charge in [-0.1, -0.05) is 25.1 Å². The summed E-state index contributed by atoms with van der Waals surface area (Å²) in [5.74, 6) is 1.39. The van der Waals surface area contributed by atoms with Crippen molar-refractivity contribution in [3.63, 3.8) is 0 Å². The standard InChI is InChI=1S/C12H14N4S/c17-12-8-10(9-4-1-2-5-9)15-16(12)11-6-3-7-13-14-11/h3,6-9,15H,1-2,4-5H2. The van der Waals surface area contributed by atoms with Gasteiger partial charge in [0.05, 0.1) is 0 Å². The molecule has 0 aromatic carbocycles. The lowest BCUT2D eigenvalue weighted by Gasteiger charge is -2.05. The molecule has 2 aromatic rings. The Morgan fingerprint density at radius 2 is 2.18 bits per heavy atom. The van der Waals surface area contributed by atoms with Gasteiger partial charge in [-0.15, -0.1) is 5.10 Å². The smallest absolute Gasteiger partial charge is 0.175 e. The molecule has 0 unspecified atom stereocenters. The molecule has 0 amide bonds. The highest BCUT2D eigenvalue weighted by atomic mass is 32.1. The zero-order valence-corrected chi connectivity index (χ0v) is 10.3. The van der Waals surface area contributed by atoms with Crippen LogP contribution in [0.5, 0.6) is 0 Å². The second-order valence-electron chi connectivity index (χ2n) is 4.45. The summed E-state index contributed by atoms with van der Waals surface area (Å²) in [5.41, 5.74) is 1.23. The second-order valence-corrected chi connectivity index (χ2v) is 4.87. The maximum absolute atomic E-state index is 5.35. The van der Waals surface area contributed by atoms with Gasteiger partial charge in [-0.3, -0.25) is 5.10 Å². The zero-order valence-electron chi connectivity index (χ0n) is 9.47. The van der Waals surface area contributed by atoms with Crippen molar-refractivity contribution in [2.24, 2.45) is 0 Å². The van der Waals surface area contributed by atoms with Crippen LogP contribution in [0.25, 0.3) is 5.82 Å². The van der Waals surface area contributed by atoms with Gasteiger partial charge in [-0.25, -0.2) is 4.68 Å². The van der Waals surface area contributed by atoms with E-state index in [0.717, 1.165) is 10.5 Å². The Bertz CT molecular complexity index is 551. The molecule has 0 spiro atoms. The number of rotatable bonds is 2. The van der Waals surface area contributed by atoms with E-state index in [1.165, 1.54) is 31.4 Å². The number of hydrogen-bond acceptors (Lipinski definition) is 3. The van der Waals surface area contributed by atoms with E-state index in [9.17, 15) is 0 Å². The minimum absolute atomic E-state index is 0.634. The van der Waals surface area contributed by atoms with E-state index in [-0.39, 0.29) is 0 Å². The average Bonchev–Trinajstić information content (AvgIpc) is 2.99. The minimum Gasteiger partial charge on any atom is -0.295 e. The van der Waals surface area contributed by atoms with Crippen LogP contribution in [0, 0.1) is 4.64 Å². The largest absolute Gasteiger partial charge is 0.295 e. The van der Waals surface area contributed by atoms with E-state index in [1.54, 1.807) is 6.20 Å². The van der Waals surface area contributed by atoms with Crippen LogP contribution in [0.4, 0.5) is 0 Å². The predicted octanol–water partition coefficient (Wildman–Crippen LogP) is 2.98. The fourth-order valence-corrected chi connectivity index (χ4v) is 2.71. The van der Waals surface area contributed by atoms with Crippen LogP contribution in [-0.2, 0) is 0 Å². The maximum Gasteiger partial charge on any atom is 0.175 e. The van der Waals surface area contributed by atoms with Crippen molar-refractivity contribution in [3.05, 3.63) is 34.7 Å². The molecule has 0 aliphatic heterocycles. The fraction of sp³-hybridized carbons (Fsp3) is 0.417. The molecule has 2 aromatic heterocycles. The van der Waals surface area contributed by atoms with Crippen molar-refractivity contribution in [1.82, 2.24) is 20.0 Å². The molecule has 5 heteroatoms. The van der Waals surface area contributed by atoms with Gasteiger partial charge in [0.25, 0.3) is 0 Å².